The third-order valence-corrected chi connectivity index (χ3v) is 6.02. The van der Waals surface area contributed by atoms with Gasteiger partial charge in [-0.05, 0) is 30.4 Å². The van der Waals surface area contributed by atoms with Crippen LogP contribution in [0.3, 0.4) is 0 Å². The quantitative estimate of drug-likeness (QED) is 0.211. The summed E-state index contributed by atoms with van der Waals surface area (Å²) in [6.07, 6.45) is 2.30. The van der Waals surface area contributed by atoms with Crippen LogP contribution in [0.5, 0.6) is 0 Å². The Kier molecular flexibility index (Phi) is 14.5. The van der Waals surface area contributed by atoms with Crippen LogP contribution in [0.25, 0.3) is 0 Å². The van der Waals surface area contributed by atoms with Gasteiger partial charge in [0.2, 0.25) is 5.91 Å². The van der Waals surface area contributed by atoms with E-state index in [1.54, 1.807) is 0 Å². The van der Waals surface area contributed by atoms with Gasteiger partial charge in [-0.1, -0.05) is 74.5 Å². The van der Waals surface area contributed by atoms with Crippen LogP contribution < -0.4 is 17.8 Å². The molecule has 2 amide bonds. The van der Waals surface area contributed by atoms with E-state index in [-0.39, 0.29) is 43.0 Å². The third-order valence-electron chi connectivity index (χ3n) is 6.02. The molecule has 1 N–H and O–H groups in total. The molecule has 2 aromatic carbocycles. The van der Waals surface area contributed by atoms with E-state index in [0.717, 1.165) is 17.5 Å². The van der Waals surface area contributed by atoms with Crippen molar-refractivity contribution in [3.8, 4) is 0 Å². The van der Waals surface area contributed by atoms with Crippen LogP contribution in [-0.2, 0) is 27.5 Å². The van der Waals surface area contributed by atoms with Gasteiger partial charge in [0.05, 0.1) is 27.1 Å². The molecule has 0 heterocycles. The topological polar surface area (TPSA) is 78.8 Å². The number of nitrogens with zero attached hydrogens (tertiary/aromatic N) is 3. The summed E-state index contributed by atoms with van der Waals surface area (Å²) in [5.41, 5.74) is 5.32. The number of carbonyl (C=O) groups excluding carboxylic acids is 3. The highest BCUT2D eigenvalue weighted by Gasteiger charge is 2.25. The molecule has 0 radical (unpaired) electrons. The Hall–Kier alpha value is -3.03. The Balaban J connectivity index is 0.00000722. The van der Waals surface area contributed by atoms with Crippen molar-refractivity contribution in [3.63, 3.8) is 0 Å². The minimum atomic E-state index is -0.408. The molecule has 1 unspecified atom stereocenters. The maximum absolute atomic E-state index is 13.5. The number of amides is 2. The maximum Gasteiger partial charge on any atom is 0.295 e. The first kappa shape index (κ1) is 33.0. The van der Waals surface area contributed by atoms with Crippen LogP contribution in [0.1, 0.15) is 57.1 Å². The lowest BCUT2D eigenvalue weighted by molar-refractivity contribution is -0.862. The molecule has 1 atom stereocenters. The van der Waals surface area contributed by atoms with Crippen molar-refractivity contribution >= 4 is 23.3 Å². The highest BCUT2D eigenvalue weighted by Crippen LogP contribution is 2.17. The van der Waals surface area contributed by atoms with Gasteiger partial charge in [0.15, 0.2) is 6.54 Å². The van der Waals surface area contributed by atoms with Crippen molar-refractivity contribution in [2.24, 2.45) is 11.0 Å². The summed E-state index contributed by atoms with van der Waals surface area (Å²) in [4.78, 5) is 40.6. The second-order valence-corrected chi connectivity index (χ2v) is 10.5. The smallest absolute Gasteiger partial charge is 0.295 e. The van der Waals surface area contributed by atoms with Crippen LogP contribution in [0.15, 0.2) is 65.8 Å². The van der Waals surface area contributed by atoms with E-state index in [1.807, 2.05) is 101 Å². The van der Waals surface area contributed by atoms with Crippen molar-refractivity contribution in [1.29, 1.82) is 0 Å². The Morgan fingerprint density at radius 1 is 0.842 bits per heavy atom. The van der Waals surface area contributed by atoms with Gasteiger partial charge in [-0.3, -0.25) is 14.4 Å². The van der Waals surface area contributed by atoms with Gasteiger partial charge in [0.1, 0.15) is 5.78 Å². The zero-order chi connectivity index (χ0) is 27.3. The number of hydrogen-bond donors (Lipinski definition) is 1. The van der Waals surface area contributed by atoms with Gasteiger partial charge >= 0.3 is 0 Å². The van der Waals surface area contributed by atoms with E-state index in [0.29, 0.717) is 42.5 Å². The monoisotopic (exact) mass is 542 g/mol. The average molecular weight is 543 g/mol. The standard InChI is InChI=1S/C30H42N4O3.ClH/c1-6-14-28(35)26(7-2)27(31-32-29(36)23-34(3,4)5)19-20-30(37)33(21-24-15-10-8-11-16-24)22-25-17-12-9-13-18-25;/h8-13,15-18,26H,6-7,14,19-23H2,1-5H3;1H/b31-27-;. The minimum absolute atomic E-state index is 0. The fourth-order valence-electron chi connectivity index (χ4n) is 4.21. The number of benzene rings is 2. The molecule has 0 fully saturated rings. The Bertz CT molecular complexity index is 995. The molecule has 0 aromatic heterocycles. The van der Waals surface area contributed by atoms with Crippen molar-refractivity contribution < 1.29 is 31.3 Å². The number of rotatable bonds is 15. The normalized spacial score (nSPS) is 12.3. The fourth-order valence-corrected chi connectivity index (χ4v) is 4.21. The molecule has 2 rings (SSSR count). The molecule has 7 nitrogen and oxygen atoms in total. The summed E-state index contributed by atoms with van der Waals surface area (Å²) in [7, 11) is 5.78. The Morgan fingerprint density at radius 2 is 1.37 bits per heavy atom. The molecule has 8 heteroatoms. The predicted octanol–water partition coefficient (Wildman–Crippen LogP) is 1.57. The molecular weight excluding hydrogens is 500 g/mol. The molecule has 0 spiro atoms. The van der Waals surface area contributed by atoms with E-state index >= 15 is 0 Å². The second kappa shape index (κ2) is 16.7. The predicted molar refractivity (Wildman–Crippen MR) is 149 cm³/mol. The van der Waals surface area contributed by atoms with Gasteiger partial charge in [0, 0.05) is 31.6 Å². The molecule has 0 saturated carbocycles. The van der Waals surface area contributed by atoms with Crippen LogP contribution in [0, 0.1) is 5.92 Å². The number of Topliss-reactive ketones (excluding diaryl/α,β-unsaturated/α-hetero) is 1. The van der Waals surface area contributed by atoms with Crippen molar-refractivity contribution in [3.05, 3.63) is 71.8 Å². The average Bonchev–Trinajstić information content (AvgIpc) is 2.85. The summed E-state index contributed by atoms with van der Waals surface area (Å²) in [5, 5.41) is 4.40. The highest BCUT2D eigenvalue weighted by atomic mass is 35.5. The summed E-state index contributed by atoms with van der Waals surface area (Å²) < 4.78 is 0.467. The molecular formula is C30H43ClN4O3. The summed E-state index contributed by atoms with van der Waals surface area (Å²) in [6, 6.07) is 19.8. The van der Waals surface area contributed by atoms with Crippen molar-refractivity contribution in [2.45, 2.75) is 59.0 Å². The molecule has 0 aliphatic heterocycles. The third kappa shape index (κ3) is 12.0. The largest absolute Gasteiger partial charge is 1.00 e. The number of likely N-dealkylation sites (N-methyl/N-ethyl adjacent to an activating group) is 1. The summed E-state index contributed by atoms with van der Waals surface area (Å²) >= 11 is 0. The Morgan fingerprint density at radius 3 is 1.82 bits per heavy atom. The zero-order valence-electron chi connectivity index (χ0n) is 23.5. The van der Waals surface area contributed by atoms with E-state index in [9.17, 15) is 14.4 Å². The first-order valence-corrected chi connectivity index (χ1v) is 13.2. The van der Waals surface area contributed by atoms with E-state index in [1.165, 1.54) is 0 Å². The van der Waals surface area contributed by atoms with E-state index in [2.05, 4.69) is 10.5 Å². The van der Waals surface area contributed by atoms with Crippen molar-refractivity contribution in [2.75, 3.05) is 27.7 Å². The molecule has 0 aliphatic carbocycles. The summed E-state index contributed by atoms with van der Waals surface area (Å²) in [6.45, 7) is 5.16. The second-order valence-electron chi connectivity index (χ2n) is 10.5. The number of nitrogens with one attached hydrogen (secondary N) is 1. The lowest BCUT2D eigenvalue weighted by atomic mass is 9.90. The zero-order valence-corrected chi connectivity index (χ0v) is 24.2. The van der Waals surface area contributed by atoms with Crippen LogP contribution in [-0.4, -0.2) is 60.4 Å². The minimum Gasteiger partial charge on any atom is -1.00 e. The van der Waals surface area contributed by atoms with Gasteiger partial charge < -0.3 is 21.8 Å². The van der Waals surface area contributed by atoms with Crippen LogP contribution in [0.2, 0.25) is 0 Å². The molecule has 0 aliphatic rings. The SMILES string of the molecule is CCCC(=O)C(CC)/C(CCC(=O)N(Cc1ccccc1)Cc1ccccc1)=N\NC(=O)C[N+](C)(C)C.[Cl-]. The fraction of sp³-hybridized carbons (Fsp3) is 0.467. The maximum atomic E-state index is 13.5. The summed E-state index contributed by atoms with van der Waals surface area (Å²) in [5.74, 6) is -0.545. The van der Waals surface area contributed by atoms with Gasteiger partial charge in [-0.2, -0.15) is 5.10 Å². The van der Waals surface area contributed by atoms with Crippen molar-refractivity contribution in [1.82, 2.24) is 10.3 Å². The van der Waals surface area contributed by atoms with Gasteiger partial charge in [0.25, 0.3) is 5.91 Å². The molecule has 38 heavy (non-hydrogen) atoms. The first-order valence-electron chi connectivity index (χ1n) is 13.2. The van der Waals surface area contributed by atoms with Gasteiger partial charge in [-0.25, -0.2) is 5.43 Å². The van der Waals surface area contributed by atoms with Crippen LogP contribution >= 0.6 is 0 Å². The number of quaternary nitrogens is 1. The number of hydrogen-bond acceptors (Lipinski definition) is 4. The molecule has 2 aromatic rings. The number of carbonyl (C=O) groups is 3. The highest BCUT2D eigenvalue weighted by molar-refractivity contribution is 6.06. The first-order chi connectivity index (χ1) is 17.6. The molecule has 0 saturated heterocycles. The number of halogens is 1. The Labute approximate surface area is 234 Å². The molecule has 208 valence electrons. The number of ketones is 1. The lowest BCUT2D eigenvalue weighted by Crippen LogP contribution is -3.00. The van der Waals surface area contributed by atoms with Crippen LogP contribution in [0.4, 0.5) is 0 Å². The van der Waals surface area contributed by atoms with E-state index in [4.69, 9.17) is 0 Å². The number of hydrazone groups is 1. The van der Waals surface area contributed by atoms with Gasteiger partial charge in [-0.15, -0.1) is 0 Å². The molecule has 0 bridgehead atoms. The lowest BCUT2D eigenvalue weighted by Gasteiger charge is -2.24. The van der Waals surface area contributed by atoms with E-state index < -0.39 is 5.92 Å².